The Morgan fingerprint density at radius 1 is 0.632 bits per heavy atom. The summed E-state index contributed by atoms with van der Waals surface area (Å²) >= 11 is 6.90. The molecule has 0 fully saturated rings. The zero-order valence-electron chi connectivity index (χ0n) is 11.7. The lowest BCUT2D eigenvalue weighted by Gasteiger charge is -1.99. The van der Waals surface area contributed by atoms with Gasteiger partial charge in [-0.05, 0) is 25.0 Å². The molecule has 1 rings (SSSR count). The van der Waals surface area contributed by atoms with Gasteiger partial charge >= 0.3 is 0 Å². The van der Waals surface area contributed by atoms with E-state index in [1.165, 1.54) is 62.0 Å². The topological polar surface area (TPSA) is 20.2 Å². The maximum Gasteiger partial charge on any atom is 0.115 e. The first-order valence-corrected chi connectivity index (χ1v) is 9.41. The number of para-hydroxylation sites is 1. The third-order valence-electron chi connectivity index (χ3n) is 2.77. The van der Waals surface area contributed by atoms with Gasteiger partial charge in [0.05, 0.1) is 0 Å². The van der Waals surface area contributed by atoms with Crippen molar-refractivity contribution in [3.63, 3.8) is 0 Å². The molecule has 0 aliphatic carbocycles. The van der Waals surface area contributed by atoms with Crippen LogP contribution in [0.25, 0.3) is 0 Å². The summed E-state index contributed by atoms with van der Waals surface area (Å²) in [6.45, 7) is 0. The zero-order valence-corrected chi connectivity index (χ0v) is 14.8. The predicted molar refractivity (Wildman–Crippen MR) is 92.6 cm³/mol. The Morgan fingerprint density at radius 3 is 1.26 bits per heavy atom. The molecular formula is C16H26Br2O. The van der Waals surface area contributed by atoms with E-state index in [9.17, 15) is 0 Å². The van der Waals surface area contributed by atoms with E-state index in [-0.39, 0.29) is 0 Å². The van der Waals surface area contributed by atoms with Crippen molar-refractivity contribution in [1.29, 1.82) is 0 Å². The van der Waals surface area contributed by atoms with Gasteiger partial charge in [0.2, 0.25) is 0 Å². The number of phenols is 1. The summed E-state index contributed by atoms with van der Waals surface area (Å²) in [7, 11) is 0. The lowest BCUT2D eigenvalue weighted by molar-refractivity contribution is 0.475. The molecule has 1 aromatic carbocycles. The molecule has 0 amide bonds. The minimum atomic E-state index is 0.322. The summed E-state index contributed by atoms with van der Waals surface area (Å²) in [5.74, 6) is 0.322. The van der Waals surface area contributed by atoms with Crippen molar-refractivity contribution < 1.29 is 5.11 Å². The second-order valence-electron chi connectivity index (χ2n) is 4.54. The Kier molecular flexibility index (Phi) is 16.0. The summed E-state index contributed by atoms with van der Waals surface area (Å²) in [5.41, 5.74) is 0. The fourth-order valence-electron chi connectivity index (χ4n) is 1.68. The van der Waals surface area contributed by atoms with Gasteiger partial charge in [0.25, 0.3) is 0 Å². The highest BCUT2D eigenvalue weighted by molar-refractivity contribution is 9.09. The van der Waals surface area contributed by atoms with Crippen molar-refractivity contribution in [3.8, 4) is 5.75 Å². The smallest absolute Gasteiger partial charge is 0.115 e. The lowest BCUT2D eigenvalue weighted by Crippen LogP contribution is -1.81. The van der Waals surface area contributed by atoms with Crippen LogP contribution in [0, 0.1) is 0 Å². The minimum absolute atomic E-state index is 0.322. The number of rotatable bonds is 9. The molecule has 19 heavy (non-hydrogen) atoms. The van der Waals surface area contributed by atoms with Crippen LogP contribution in [0.2, 0.25) is 0 Å². The van der Waals surface area contributed by atoms with Crippen LogP contribution in [0.3, 0.4) is 0 Å². The fraction of sp³-hybridized carbons (Fsp3) is 0.625. The normalized spacial score (nSPS) is 9.79. The number of phenolic OH excluding ortho intramolecular Hbond substituents is 1. The van der Waals surface area contributed by atoms with Crippen molar-refractivity contribution >= 4 is 31.9 Å². The van der Waals surface area contributed by atoms with E-state index in [1.54, 1.807) is 24.3 Å². The first kappa shape index (κ1) is 19.0. The molecule has 0 aromatic heterocycles. The molecule has 0 bridgehead atoms. The third-order valence-corrected chi connectivity index (χ3v) is 3.89. The van der Waals surface area contributed by atoms with Gasteiger partial charge in [-0.25, -0.2) is 0 Å². The SMILES string of the molecule is BrCCCCCCCCCCBr.Oc1ccccc1. The van der Waals surface area contributed by atoms with Crippen molar-refractivity contribution in [2.75, 3.05) is 10.7 Å². The predicted octanol–water partition coefficient (Wildman–Crippen LogP) is 6.29. The van der Waals surface area contributed by atoms with E-state index in [2.05, 4.69) is 31.9 Å². The maximum absolute atomic E-state index is 8.63. The van der Waals surface area contributed by atoms with Gasteiger partial charge in [-0.3, -0.25) is 0 Å². The van der Waals surface area contributed by atoms with Gasteiger partial charge in [0.15, 0.2) is 0 Å². The zero-order chi connectivity index (χ0) is 14.2. The van der Waals surface area contributed by atoms with Crippen LogP contribution in [-0.2, 0) is 0 Å². The standard InChI is InChI=1S/C10H20Br2.C6H6O/c11-9-7-5-3-1-2-4-6-8-10-12;7-6-4-2-1-3-5-6/h1-10H2;1-5,7H. The Bertz CT molecular complexity index is 255. The van der Waals surface area contributed by atoms with Crippen LogP contribution in [0.15, 0.2) is 30.3 Å². The number of hydrogen-bond acceptors (Lipinski definition) is 1. The number of aromatic hydroxyl groups is 1. The number of halogens is 2. The van der Waals surface area contributed by atoms with Crippen molar-refractivity contribution in [1.82, 2.24) is 0 Å². The first-order chi connectivity index (χ1) is 9.31. The highest BCUT2D eigenvalue weighted by Crippen LogP contribution is 2.09. The second kappa shape index (κ2) is 16.0. The Hall–Kier alpha value is -0.0200. The summed E-state index contributed by atoms with van der Waals surface area (Å²) in [4.78, 5) is 0. The molecule has 0 saturated heterocycles. The van der Waals surface area contributed by atoms with Crippen molar-refractivity contribution in [2.24, 2.45) is 0 Å². The van der Waals surface area contributed by atoms with Crippen LogP contribution in [0.1, 0.15) is 51.4 Å². The van der Waals surface area contributed by atoms with Gasteiger partial charge < -0.3 is 5.11 Å². The summed E-state index contributed by atoms with van der Waals surface area (Å²) in [6, 6.07) is 8.71. The largest absolute Gasteiger partial charge is 0.508 e. The van der Waals surface area contributed by atoms with E-state index in [1.807, 2.05) is 6.07 Å². The molecule has 0 atom stereocenters. The highest BCUT2D eigenvalue weighted by atomic mass is 79.9. The molecule has 1 nitrogen and oxygen atoms in total. The first-order valence-electron chi connectivity index (χ1n) is 7.17. The van der Waals surface area contributed by atoms with Gasteiger partial charge in [-0.1, -0.05) is 88.6 Å². The Balaban J connectivity index is 0.000000388. The minimum Gasteiger partial charge on any atom is -0.508 e. The molecule has 1 aromatic rings. The van der Waals surface area contributed by atoms with Crippen LogP contribution in [-0.4, -0.2) is 15.8 Å². The average Bonchev–Trinajstić information content (AvgIpc) is 2.43. The van der Waals surface area contributed by atoms with Crippen molar-refractivity contribution in [3.05, 3.63) is 30.3 Å². The van der Waals surface area contributed by atoms with E-state index in [4.69, 9.17) is 5.11 Å². The number of hydrogen-bond donors (Lipinski definition) is 1. The second-order valence-corrected chi connectivity index (χ2v) is 6.13. The third kappa shape index (κ3) is 15.9. The molecule has 0 aliphatic heterocycles. The average molecular weight is 394 g/mol. The molecular weight excluding hydrogens is 368 g/mol. The molecule has 0 unspecified atom stereocenters. The summed E-state index contributed by atoms with van der Waals surface area (Å²) < 4.78 is 0. The monoisotopic (exact) mass is 392 g/mol. The number of benzene rings is 1. The lowest BCUT2D eigenvalue weighted by atomic mass is 10.1. The molecule has 110 valence electrons. The summed E-state index contributed by atoms with van der Waals surface area (Å²) in [6.07, 6.45) is 11.3. The number of alkyl halides is 2. The van der Waals surface area contributed by atoms with E-state index < -0.39 is 0 Å². The molecule has 0 aliphatic rings. The number of unbranched alkanes of at least 4 members (excludes halogenated alkanes) is 7. The van der Waals surface area contributed by atoms with E-state index >= 15 is 0 Å². The molecule has 0 spiro atoms. The van der Waals surface area contributed by atoms with E-state index in [0.29, 0.717) is 5.75 Å². The fourth-order valence-corrected chi connectivity index (χ4v) is 2.47. The van der Waals surface area contributed by atoms with Crippen molar-refractivity contribution in [2.45, 2.75) is 51.4 Å². The molecule has 1 N–H and O–H groups in total. The Labute approximate surface area is 135 Å². The highest BCUT2D eigenvalue weighted by Gasteiger charge is 1.90. The quantitative estimate of drug-likeness (QED) is 0.386. The van der Waals surface area contributed by atoms with Crippen LogP contribution >= 0.6 is 31.9 Å². The van der Waals surface area contributed by atoms with Gasteiger partial charge in [-0.15, -0.1) is 0 Å². The van der Waals surface area contributed by atoms with Gasteiger partial charge in [-0.2, -0.15) is 0 Å². The Morgan fingerprint density at radius 2 is 1.00 bits per heavy atom. The van der Waals surface area contributed by atoms with Crippen LogP contribution in [0.5, 0.6) is 5.75 Å². The van der Waals surface area contributed by atoms with Crippen LogP contribution < -0.4 is 0 Å². The molecule has 0 saturated carbocycles. The molecule has 0 radical (unpaired) electrons. The maximum atomic E-state index is 8.63. The van der Waals surface area contributed by atoms with Gasteiger partial charge in [0.1, 0.15) is 5.75 Å². The van der Waals surface area contributed by atoms with Gasteiger partial charge in [0, 0.05) is 10.7 Å². The van der Waals surface area contributed by atoms with E-state index in [0.717, 1.165) is 0 Å². The molecule has 3 heteroatoms. The van der Waals surface area contributed by atoms with Crippen LogP contribution in [0.4, 0.5) is 0 Å². The summed E-state index contributed by atoms with van der Waals surface area (Å²) in [5, 5.41) is 11.0. The molecule has 0 heterocycles.